The Morgan fingerprint density at radius 3 is 2.48 bits per heavy atom. The van der Waals surface area contributed by atoms with Gasteiger partial charge in [-0.05, 0) is 75.2 Å². The van der Waals surface area contributed by atoms with Crippen LogP contribution < -0.4 is 15.2 Å². The number of aromatic amines is 3. The second-order valence-corrected chi connectivity index (χ2v) is 12.9. The number of hydrogen-bond acceptors (Lipinski definition) is 7. The van der Waals surface area contributed by atoms with Crippen LogP contribution in [0.3, 0.4) is 0 Å². The Bertz CT molecular complexity index is 2500. The van der Waals surface area contributed by atoms with E-state index in [1.54, 1.807) is 12.1 Å². The summed E-state index contributed by atoms with van der Waals surface area (Å²) >= 11 is 6.53. The summed E-state index contributed by atoms with van der Waals surface area (Å²) in [6, 6.07) is 14.4. The maximum absolute atomic E-state index is 14.0. The lowest BCUT2D eigenvalue weighted by molar-refractivity contribution is 0.235. The highest BCUT2D eigenvalue weighted by atomic mass is 35.5. The lowest BCUT2D eigenvalue weighted by atomic mass is 10.1. The largest absolute Gasteiger partial charge is 0.490 e. The van der Waals surface area contributed by atoms with Crippen LogP contribution in [-0.4, -0.2) is 82.2 Å². The molecule has 0 aliphatic heterocycles. The van der Waals surface area contributed by atoms with E-state index in [1.807, 2.05) is 45.7 Å². The first kappa shape index (κ1) is 30.2. The first-order valence-electron chi connectivity index (χ1n) is 15.7. The predicted molar refractivity (Wildman–Crippen MR) is 192 cm³/mol. The topological polar surface area (TPSA) is 124 Å². The number of rotatable bonds is 10. The van der Waals surface area contributed by atoms with E-state index in [4.69, 9.17) is 36.8 Å². The Morgan fingerprint density at radius 1 is 0.812 bits per heavy atom. The number of hydrogen-bond donors (Lipinski definition) is 4. The van der Waals surface area contributed by atoms with Crippen molar-refractivity contribution in [2.45, 2.75) is 6.54 Å². The number of likely N-dealkylation sites (N-methyl/N-ethyl adjacent to an activating group) is 2. The number of benzene rings is 3. The van der Waals surface area contributed by atoms with Crippen LogP contribution in [0, 0.1) is 5.82 Å². The summed E-state index contributed by atoms with van der Waals surface area (Å²) in [6.45, 7) is 3.02. The molecule has 5 aromatic heterocycles. The van der Waals surface area contributed by atoms with E-state index in [1.165, 1.54) is 12.1 Å². The standard InChI is InChI=1S/C36H34ClFN8O2/c1-45(2)9-11-47-28-15-22-31-27(44-32(22)30-33-26(43-34(28)30)5-4-8-40-33)13-19(17-41-31)18-46(3)10-12-48-36-24(39)16-23(37)29-21-14-20(38)6-7-25(21)42-35(29)36/h4-8,13-17,42-44H,9-12,18,39H2,1-3H3. The molecule has 0 spiro atoms. The van der Waals surface area contributed by atoms with Crippen molar-refractivity contribution >= 4 is 83.0 Å². The Hall–Kier alpha value is -5.10. The van der Waals surface area contributed by atoms with Crippen LogP contribution in [0.25, 0.3) is 65.7 Å². The van der Waals surface area contributed by atoms with Crippen molar-refractivity contribution in [3.05, 3.63) is 77.3 Å². The van der Waals surface area contributed by atoms with Crippen LogP contribution in [0.5, 0.6) is 11.5 Å². The van der Waals surface area contributed by atoms with E-state index in [9.17, 15) is 4.39 Å². The van der Waals surface area contributed by atoms with Gasteiger partial charge < -0.3 is 35.1 Å². The highest BCUT2D eigenvalue weighted by molar-refractivity contribution is 6.39. The number of ether oxygens (including phenoxy) is 2. The minimum Gasteiger partial charge on any atom is -0.490 e. The number of nitrogens with one attached hydrogen (secondary N) is 3. The fourth-order valence-corrected chi connectivity index (χ4v) is 6.83. The van der Waals surface area contributed by atoms with Crippen molar-refractivity contribution in [2.24, 2.45) is 0 Å². The number of pyridine rings is 2. The van der Waals surface area contributed by atoms with Crippen molar-refractivity contribution < 1.29 is 13.9 Å². The van der Waals surface area contributed by atoms with E-state index >= 15 is 0 Å². The van der Waals surface area contributed by atoms with Gasteiger partial charge in [0, 0.05) is 53.7 Å². The van der Waals surface area contributed by atoms with Crippen LogP contribution in [0.15, 0.2) is 60.9 Å². The van der Waals surface area contributed by atoms with E-state index in [-0.39, 0.29) is 5.82 Å². The average Bonchev–Trinajstić information content (AvgIpc) is 3.73. The lowest BCUT2D eigenvalue weighted by Crippen LogP contribution is -2.24. The number of halogens is 2. The molecule has 0 saturated carbocycles. The van der Waals surface area contributed by atoms with Gasteiger partial charge in [0.2, 0.25) is 0 Å². The van der Waals surface area contributed by atoms with Gasteiger partial charge in [-0.3, -0.25) is 14.9 Å². The second kappa shape index (κ2) is 11.9. The van der Waals surface area contributed by atoms with E-state index in [0.717, 1.165) is 67.2 Å². The third kappa shape index (κ3) is 5.20. The number of nitrogens with two attached hydrogens (primary N) is 1. The minimum atomic E-state index is -0.335. The van der Waals surface area contributed by atoms with Crippen molar-refractivity contribution in [1.29, 1.82) is 0 Å². The van der Waals surface area contributed by atoms with Crippen LogP contribution in [0.2, 0.25) is 5.02 Å². The first-order chi connectivity index (χ1) is 23.2. The Balaban J connectivity index is 1.05. The van der Waals surface area contributed by atoms with Gasteiger partial charge in [0.15, 0.2) is 5.75 Å². The smallest absolute Gasteiger partial charge is 0.166 e. The number of H-pyrrole nitrogens is 3. The third-order valence-corrected chi connectivity index (χ3v) is 9.09. The highest BCUT2D eigenvalue weighted by Crippen LogP contribution is 2.42. The molecule has 0 atom stereocenters. The lowest BCUT2D eigenvalue weighted by Gasteiger charge is -2.18. The molecule has 0 aliphatic rings. The van der Waals surface area contributed by atoms with Crippen molar-refractivity contribution in [3.8, 4) is 11.5 Å². The second-order valence-electron chi connectivity index (χ2n) is 12.5. The normalized spacial score (nSPS) is 12.3. The Labute approximate surface area is 279 Å². The zero-order chi connectivity index (χ0) is 33.1. The molecule has 0 unspecified atom stereocenters. The monoisotopic (exact) mass is 664 g/mol. The number of nitrogen functional groups attached to an aromatic ring is 1. The zero-order valence-corrected chi connectivity index (χ0v) is 27.5. The molecule has 10 nitrogen and oxygen atoms in total. The summed E-state index contributed by atoms with van der Waals surface area (Å²) in [6.07, 6.45) is 3.73. The molecule has 0 radical (unpaired) electrons. The molecule has 5 N–H and O–H groups in total. The Morgan fingerprint density at radius 2 is 1.62 bits per heavy atom. The average molecular weight is 665 g/mol. The molecule has 0 aliphatic carbocycles. The van der Waals surface area contributed by atoms with Crippen LogP contribution in [-0.2, 0) is 6.54 Å². The predicted octanol–water partition coefficient (Wildman–Crippen LogP) is 7.21. The quantitative estimate of drug-likeness (QED) is 0.114. The molecular weight excluding hydrogens is 631 g/mol. The summed E-state index contributed by atoms with van der Waals surface area (Å²) in [7, 11) is 6.09. The van der Waals surface area contributed by atoms with Crippen LogP contribution >= 0.6 is 11.6 Å². The molecule has 0 fully saturated rings. The van der Waals surface area contributed by atoms with E-state index in [2.05, 4.69) is 36.9 Å². The van der Waals surface area contributed by atoms with Gasteiger partial charge >= 0.3 is 0 Å². The molecule has 0 saturated heterocycles. The van der Waals surface area contributed by atoms with Gasteiger partial charge in [-0.1, -0.05) is 11.6 Å². The fraction of sp³-hybridized carbons (Fsp3) is 0.222. The number of nitrogens with zero attached hydrogens (tertiary/aromatic N) is 4. The fourth-order valence-electron chi connectivity index (χ4n) is 6.52. The molecule has 8 aromatic rings. The van der Waals surface area contributed by atoms with Crippen LogP contribution in [0.4, 0.5) is 10.1 Å². The number of aromatic nitrogens is 5. The Kier molecular flexibility index (Phi) is 7.47. The molecule has 5 heterocycles. The molecule has 0 bridgehead atoms. The van der Waals surface area contributed by atoms with Crippen molar-refractivity contribution in [2.75, 3.05) is 53.2 Å². The molecule has 48 heavy (non-hydrogen) atoms. The van der Waals surface area contributed by atoms with E-state index in [0.29, 0.717) is 59.1 Å². The third-order valence-electron chi connectivity index (χ3n) is 8.79. The summed E-state index contributed by atoms with van der Waals surface area (Å²) in [5.41, 5.74) is 14.8. The maximum atomic E-state index is 14.0. The zero-order valence-electron chi connectivity index (χ0n) is 26.7. The summed E-state index contributed by atoms with van der Waals surface area (Å²) < 4.78 is 26.5. The maximum Gasteiger partial charge on any atom is 0.166 e. The minimum absolute atomic E-state index is 0.335. The van der Waals surface area contributed by atoms with Crippen molar-refractivity contribution in [3.63, 3.8) is 0 Å². The van der Waals surface area contributed by atoms with Gasteiger partial charge in [-0.2, -0.15) is 0 Å². The summed E-state index contributed by atoms with van der Waals surface area (Å²) in [4.78, 5) is 24.3. The van der Waals surface area contributed by atoms with Gasteiger partial charge in [0.1, 0.15) is 24.8 Å². The molecule has 244 valence electrons. The molecule has 8 rings (SSSR count). The molecule has 0 amide bonds. The summed E-state index contributed by atoms with van der Waals surface area (Å²) in [5.74, 6) is 0.948. The van der Waals surface area contributed by atoms with Gasteiger partial charge in [-0.15, -0.1) is 0 Å². The van der Waals surface area contributed by atoms with Gasteiger partial charge in [-0.25, -0.2) is 4.39 Å². The SMILES string of the molecule is CN(C)CCOc1cc2c3ncc(CN(C)CCOc4c(N)cc(Cl)c5c4[nH]c4ccc(F)cc45)cc3[nH]c2c2c1[nH]c1cccnc12. The summed E-state index contributed by atoms with van der Waals surface area (Å²) in [5, 5.41) is 3.80. The highest BCUT2D eigenvalue weighted by Gasteiger charge is 2.20. The molecule has 3 aromatic carbocycles. The number of fused-ring (bicyclic) bond motifs is 10. The van der Waals surface area contributed by atoms with Crippen molar-refractivity contribution in [1.82, 2.24) is 34.7 Å². The molecular formula is C36H34ClFN8O2. The van der Waals surface area contributed by atoms with Gasteiger partial charge in [0.25, 0.3) is 0 Å². The van der Waals surface area contributed by atoms with Crippen LogP contribution in [0.1, 0.15) is 5.56 Å². The molecule has 12 heteroatoms. The van der Waals surface area contributed by atoms with Gasteiger partial charge in [0.05, 0.1) is 54.7 Å². The number of anilines is 1. The first-order valence-corrected chi connectivity index (χ1v) is 16.1. The van der Waals surface area contributed by atoms with E-state index < -0.39 is 0 Å².